The first-order valence-corrected chi connectivity index (χ1v) is 7.05. The number of aromatic nitrogens is 2. The fourth-order valence-corrected chi connectivity index (χ4v) is 2.93. The summed E-state index contributed by atoms with van der Waals surface area (Å²) in [5.74, 6) is 0.979. The molecule has 104 valence electrons. The van der Waals surface area contributed by atoms with Crippen molar-refractivity contribution in [2.24, 2.45) is 0 Å². The Morgan fingerprint density at radius 1 is 1.16 bits per heavy atom. The molecule has 0 N–H and O–H groups in total. The Morgan fingerprint density at radius 3 is 2.63 bits per heavy atom. The molecule has 0 aromatic carbocycles. The van der Waals surface area contributed by atoms with Crippen LogP contribution in [0.5, 0.6) is 0 Å². The first-order chi connectivity index (χ1) is 9.17. The average molecular weight is 262 g/mol. The lowest BCUT2D eigenvalue weighted by atomic mass is 9.89. The zero-order valence-electron chi connectivity index (χ0n) is 11.8. The van der Waals surface area contributed by atoms with Crippen LogP contribution in [0.25, 0.3) is 0 Å². The molecule has 0 aliphatic carbocycles. The molecule has 5 heteroatoms. The van der Waals surface area contributed by atoms with Gasteiger partial charge in [0.05, 0.1) is 17.9 Å². The van der Waals surface area contributed by atoms with Crippen molar-refractivity contribution in [2.75, 3.05) is 44.7 Å². The van der Waals surface area contributed by atoms with E-state index in [9.17, 15) is 0 Å². The molecule has 1 aromatic rings. The van der Waals surface area contributed by atoms with Crippen molar-refractivity contribution < 1.29 is 4.74 Å². The summed E-state index contributed by atoms with van der Waals surface area (Å²) < 4.78 is 6.11. The molecule has 1 aromatic heterocycles. The van der Waals surface area contributed by atoms with Crippen LogP contribution in [0.4, 0.5) is 5.82 Å². The highest BCUT2D eigenvalue weighted by Crippen LogP contribution is 2.31. The number of morpholine rings is 1. The van der Waals surface area contributed by atoms with Crippen LogP contribution in [0.2, 0.25) is 0 Å². The molecular formula is C14H22N4O. The molecule has 3 rings (SSSR count). The molecule has 5 nitrogen and oxygen atoms in total. The van der Waals surface area contributed by atoms with Crippen molar-refractivity contribution >= 4 is 5.82 Å². The molecule has 0 atom stereocenters. The third kappa shape index (κ3) is 2.72. The van der Waals surface area contributed by atoms with E-state index in [4.69, 9.17) is 4.74 Å². The molecule has 0 saturated carbocycles. The second-order valence-corrected chi connectivity index (χ2v) is 5.79. The van der Waals surface area contributed by atoms with Gasteiger partial charge in [-0.15, -0.1) is 5.10 Å². The zero-order valence-corrected chi connectivity index (χ0v) is 11.8. The van der Waals surface area contributed by atoms with Crippen LogP contribution < -0.4 is 4.90 Å². The van der Waals surface area contributed by atoms with E-state index >= 15 is 0 Å². The Kier molecular flexibility index (Phi) is 3.41. The molecule has 3 heterocycles. The van der Waals surface area contributed by atoms with Gasteiger partial charge in [0.15, 0.2) is 5.82 Å². The van der Waals surface area contributed by atoms with E-state index in [1.165, 1.54) is 0 Å². The van der Waals surface area contributed by atoms with Gasteiger partial charge in [-0.25, -0.2) is 0 Å². The predicted molar refractivity (Wildman–Crippen MR) is 74.4 cm³/mol. The van der Waals surface area contributed by atoms with Crippen molar-refractivity contribution in [3.63, 3.8) is 0 Å². The van der Waals surface area contributed by atoms with Crippen molar-refractivity contribution in [1.82, 2.24) is 15.1 Å². The third-order valence-corrected chi connectivity index (χ3v) is 4.25. The summed E-state index contributed by atoms with van der Waals surface area (Å²) in [6, 6.07) is 4.09. The van der Waals surface area contributed by atoms with Gasteiger partial charge in [0.2, 0.25) is 0 Å². The fraction of sp³-hybridized carbons (Fsp3) is 0.714. The maximum Gasteiger partial charge on any atom is 0.151 e. The molecule has 0 bridgehead atoms. The Hall–Kier alpha value is -1.20. The highest BCUT2D eigenvalue weighted by Gasteiger charge is 2.39. The lowest BCUT2D eigenvalue weighted by Crippen LogP contribution is -2.56. The van der Waals surface area contributed by atoms with Gasteiger partial charge in [0.25, 0.3) is 0 Å². The van der Waals surface area contributed by atoms with E-state index in [1.54, 1.807) is 0 Å². The van der Waals surface area contributed by atoms with Gasteiger partial charge in [-0.05, 0) is 38.9 Å². The second-order valence-electron chi connectivity index (χ2n) is 5.79. The smallest absolute Gasteiger partial charge is 0.151 e. The molecule has 0 amide bonds. The van der Waals surface area contributed by atoms with Gasteiger partial charge in [-0.3, -0.25) is 0 Å². The minimum absolute atomic E-state index is 0.0251. The summed E-state index contributed by atoms with van der Waals surface area (Å²) in [6.45, 7) is 6.85. The van der Waals surface area contributed by atoms with E-state index in [-0.39, 0.29) is 5.60 Å². The SMILES string of the molecule is Cc1ccc(N2CCOC3(CCN(C)CC3)C2)nn1. The minimum Gasteiger partial charge on any atom is -0.371 e. The summed E-state index contributed by atoms with van der Waals surface area (Å²) >= 11 is 0. The van der Waals surface area contributed by atoms with Crippen LogP contribution in [-0.4, -0.2) is 60.5 Å². The van der Waals surface area contributed by atoms with Crippen LogP contribution in [-0.2, 0) is 4.74 Å². The number of piperidine rings is 1. The van der Waals surface area contributed by atoms with Crippen molar-refractivity contribution in [3.8, 4) is 0 Å². The molecule has 2 aliphatic rings. The molecule has 19 heavy (non-hydrogen) atoms. The van der Waals surface area contributed by atoms with E-state index < -0.39 is 0 Å². The van der Waals surface area contributed by atoms with Crippen molar-refractivity contribution in [2.45, 2.75) is 25.4 Å². The quantitative estimate of drug-likeness (QED) is 0.758. The standard InChI is InChI=1S/C14H22N4O/c1-12-3-4-13(16-15-12)18-9-10-19-14(11-18)5-7-17(2)8-6-14/h3-4H,5-11H2,1-2H3. The normalized spacial score (nSPS) is 23.8. The summed E-state index contributed by atoms with van der Waals surface area (Å²) in [6.07, 6.45) is 2.22. The highest BCUT2D eigenvalue weighted by atomic mass is 16.5. The monoisotopic (exact) mass is 262 g/mol. The van der Waals surface area contributed by atoms with Gasteiger partial charge in [0, 0.05) is 26.2 Å². The lowest BCUT2D eigenvalue weighted by Gasteiger charge is -2.47. The summed E-state index contributed by atoms with van der Waals surface area (Å²) in [7, 11) is 2.18. The molecule has 2 fully saturated rings. The molecule has 0 radical (unpaired) electrons. The Balaban J connectivity index is 1.72. The highest BCUT2D eigenvalue weighted by molar-refractivity contribution is 5.38. The van der Waals surface area contributed by atoms with E-state index in [0.717, 1.165) is 57.1 Å². The molecular weight excluding hydrogens is 240 g/mol. The number of anilines is 1. The van der Waals surface area contributed by atoms with Crippen LogP contribution in [0.3, 0.4) is 0 Å². The molecule has 0 unspecified atom stereocenters. The maximum atomic E-state index is 6.11. The third-order valence-electron chi connectivity index (χ3n) is 4.25. The van der Waals surface area contributed by atoms with E-state index in [2.05, 4.69) is 33.1 Å². The second kappa shape index (κ2) is 5.06. The Morgan fingerprint density at radius 2 is 1.95 bits per heavy atom. The average Bonchev–Trinajstić information content (AvgIpc) is 2.44. The topological polar surface area (TPSA) is 41.5 Å². The summed E-state index contributed by atoms with van der Waals surface area (Å²) in [4.78, 5) is 4.69. The summed E-state index contributed by atoms with van der Waals surface area (Å²) in [5.41, 5.74) is 0.989. The number of hydrogen-bond acceptors (Lipinski definition) is 5. The largest absolute Gasteiger partial charge is 0.371 e. The van der Waals surface area contributed by atoms with Crippen LogP contribution in [0.1, 0.15) is 18.5 Å². The Labute approximate surface area is 114 Å². The molecule has 2 saturated heterocycles. The maximum absolute atomic E-state index is 6.11. The predicted octanol–water partition coefficient (Wildman–Crippen LogP) is 1.09. The number of likely N-dealkylation sites (tertiary alicyclic amines) is 1. The summed E-state index contributed by atoms with van der Waals surface area (Å²) in [5, 5.41) is 8.46. The number of ether oxygens (including phenoxy) is 1. The van der Waals surface area contributed by atoms with Crippen LogP contribution in [0.15, 0.2) is 12.1 Å². The van der Waals surface area contributed by atoms with Gasteiger partial charge < -0.3 is 14.5 Å². The fourth-order valence-electron chi connectivity index (χ4n) is 2.93. The Bertz CT molecular complexity index is 426. The van der Waals surface area contributed by atoms with Gasteiger partial charge in [0.1, 0.15) is 0 Å². The van der Waals surface area contributed by atoms with Crippen molar-refractivity contribution in [1.29, 1.82) is 0 Å². The number of hydrogen-bond donors (Lipinski definition) is 0. The van der Waals surface area contributed by atoms with Gasteiger partial charge in [-0.1, -0.05) is 0 Å². The van der Waals surface area contributed by atoms with Gasteiger partial charge >= 0.3 is 0 Å². The van der Waals surface area contributed by atoms with Crippen LogP contribution >= 0.6 is 0 Å². The zero-order chi connectivity index (χ0) is 13.3. The minimum atomic E-state index is 0.0251. The van der Waals surface area contributed by atoms with Crippen molar-refractivity contribution in [3.05, 3.63) is 17.8 Å². The molecule has 1 spiro atoms. The van der Waals surface area contributed by atoms with Crippen LogP contribution in [0, 0.1) is 6.92 Å². The molecule has 2 aliphatic heterocycles. The first-order valence-electron chi connectivity index (χ1n) is 7.05. The van der Waals surface area contributed by atoms with E-state index in [0.29, 0.717) is 0 Å². The van der Waals surface area contributed by atoms with Gasteiger partial charge in [-0.2, -0.15) is 5.10 Å². The van der Waals surface area contributed by atoms with E-state index in [1.807, 2.05) is 13.0 Å². The number of nitrogens with zero attached hydrogens (tertiary/aromatic N) is 4. The number of aryl methyl sites for hydroxylation is 1. The lowest BCUT2D eigenvalue weighted by molar-refractivity contribution is -0.0885. The number of rotatable bonds is 1. The first kappa shape index (κ1) is 12.8.